The van der Waals surface area contributed by atoms with E-state index in [0.717, 1.165) is 10.0 Å². The lowest BCUT2D eigenvalue weighted by molar-refractivity contribution is 0.537. The summed E-state index contributed by atoms with van der Waals surface area (Å²) in [5.41, 5.74) is 1.08. The summed E-state index contributed by atoms with van der Waals surface area (Å²) in [6, 6.07) is 16.2. The molecule has 118 valence electrons. The van der Waals surface area contributed by atoms with Crippen LogP contribution in [-0.4, -0.2) is 0 Å². The van der Waals surface area contributed by atoms with Gasteiger partial charge in [-0.05, 0) is 35.9 Å². The fourth-order valence-electron chi connectivity index (χ4n) is 2.75. The molecule has 0 aliphatic rings. The molecule has 0 spiro atoms. The molecule has 2 aromatic heterocycles. The average molecular weight is 383 g/mol. The Labute approximate surface area is 144 Å². The monoisotopic (exact) mass is 382 g/mol. The highest BCUT2D eigenvalue weighted by molar-refractivity contribution is 9.10. The van der Waals surface area contributed by atoms with Crippen molar-refractivity contribution in [1.82, 2.24) is 0 Å². The molecule has 4 aromatic rings. The number of hydrogen-bond acceptors (Lipinski definition) is 4. The van der Waals surface area contributed by atoms with Gasteiger partial charge in [0.05, 0.1) is 5.39 Å². The third-order valence-corrected chi connectivity index (χ3v) is 4.35. The first-order valence-electron chi connectivity index (χ1n) is 7.35. The maximum Gasteiger partial charge on any atom is 0.347 e. The first kappa shape index (κ1) is 14.9. The zero-order chi connectivity index (χ0) is 16.7. The van der Waals surface area contributed by atoms with E-state index in [9.17, 15) is 9.59 Å². The van der Waals surface area contributed by atoms with E-state index in [1.165, 1.54) is 0 Å². The number of rotatable bonds is 2. The zero-order valence-electron chi connectivity index (χ0n) is 12.4. The van der Waals surface area contributed by atoms with Gasteiger partial charge in [0.15, 0.2) is 5.58 Å². The molecule has 2 aromatic carbocycles. The summed E-state index contributed by atoms with van der Waals surface area (Å²) in [6.45, 7) is 0. The number of fused-ring (bicyclic) bond motifs is 3. The molecular weight excluding hydrogens is 372 g/mol. The van der Waals surface area contributed by atoms with Gasteiger partial charge in [0.2, 0.25) is 0 Å². The quantitative estimate of drug-likeness (QED) is 0.384. The van der Waals surface area contributed by atoms with E-state index in [1.807, 2.05) is 24.3 Å². The van der Waals surface area contributed by atoms with Crippen LogP contribution in [0.2, 0.25) is 0 Å². The molecule has 0 aliphatic carbocycles. The van der Waals surface area contributed by atoms with E-state index in [1.54, 1.807) is 30.3 Å². The fourth-order valence-corrected chi connectivity index (χ4v) is 3.20. The maximum atomic E-state index is 12.4. The van der Waals surface area contributed by atoms with Crippen molar-refractivity contribution >= 4 is 37.9 Å². The van der Waals surface area contributed by atoms with Gasteiger partial charge < -0.3 is 8.83 Å². The van der Waals surface area contributed by atoms with Gasteiger partial charge in [0, 0.05) is 16.5 Å². The normalized spacial score (nSPS) is 11.2. The molecule has 2 heterocycles. The Hall–Kier alpha value is -2.66. The van der Waals surface area contributed by atoms with Crippen LogP contribution in [0.1, 0.15) is 11.1 Å². The van der Waals surface area contributed by atoms with Crippen LogP contribution in [0.25, 0.3) is 21.9 Å². The summed E-state index contributed by atoms with van der Waals surface area (Å²) in [7, 11) is 0. The predicted molar refractivity (Wildman–Crippen MR) is 95.5 cm³/mol. The minimum absolute atomic E-state index is 0.268. The summed E-state index contributed by atoms with van der Waals surface area (Å²) in [4.78, 5) is 24.6. The van der Waals surface area contributed by atoms with Gasteiger partial charge >= 0.3 is 11.3 Å². The standard InChI is InChI=1S/C19H11BrO4/c20-13-5-3-4-11(9-13)8-12-10-15-17(24-18(12)21)14-6-1-2-7-16(14)23-19(15)22/h1-7,9-10H,8H2. The summed E-state index contributed by atoms with van der Waals surface area (Å²) in [6.07, 6.45) is 0.379. The molecule has 4 nitrogen and oxygen atoms in total. The Morgan fingerprint density at radius 3 is 2.50 bits per heavy atom. The Morgan fingerprint density at radius 2 is 1.67 bits per heavy atom. The summed E-state index contributed by atoms with van der Waals surface area (Å²) in [5.74, 6) is 0. The smallest absolute Gasteiger partial charge is 0.347 e. The van der Waals surface area contributed by atoms with E-state index in [4.69, 9.17) is 8.83 Å². The minimum atomic E-state index is -0.511. The minimum Gasteiger partial charge on any atom is -0.422 e. The molecule has 5 heteroatoms. The van der Waals surface area contributed by atoms with E-state index >= 15 is 0 Å². The summed E-state index contributed by atoms with van der Waals surface area (Å²) < 4.78 is 11.7. The highest BCUT2D eigenvalue weighted by atomic mass is 79.9. The molecule has 0 atom stereocenters. The molecule has 4 rings (SSSR count). The highest BCUT2D eigenvalue weighted by Crippen LogP contribution is 2.22. The Balaban J connectivity index is 1.94. The fraction of sp³-hybridized carbons (Fsp3) is 0.0526. The zero-order valence-corrected chi connectivity index (χ0v) is 14.0. The predicted octanol–water partition coefficient (Wildman–Crippen LogP) is 4.25. The van der Waals surface area contributed by atoms with Crippen LogP contribution in [0, 0.1) is 0 Å². The number of para-hydroxylation sites is 1. The molecule has 0 aliphatic heterocycles. The van der Waals surface area contributed by atoms with Crippen LogP contribution in [0.15, 0.2) is 77.5 Å². The van der Waals surface area contributed by atoms with Crippen LogP contribution >= 0.6 is 15.9 Å². The second-order valence-electron chi connectivity index (χ2n) is 5.49. The Morgan fingerprint density at radius 1 is 0.833 bits per heavy atom. The third kappa shape index (κ3) is 2.57. The van der Waals surface area contributed by atoms with Gasteiger partial charge in [-0.3, -0.25) is 0 Å². The van der Waals surface area contributed by atoms with E-state index in [2.05, 4.69) is 15.9 Å². The lowest BCUT2D eigenvalue weighted by Crippen LogP contribution is -2.11. The van der Waals surface area contributed by atoms with Crippen molar-refractivity contribution in [2.45, 2.75) is 6.42 Å². The van der Waals surface area contributed by atoms with Gasteiger partial charge in [-0.2, -0.15) is 0 Å². The van der Waals surface area contributed by atoms with E-state index < -0.39 is 11.3 Å². The average Bonchev–Trinajstić information content (AvgIpc) is 2.56. The molecule has 0 amide bonds. The topological polar surface area (TPSA) is 60.4 Å². The van der Waals surface area contributed by atoms with Crippen molar-refractivity contribution in [2.75, 3.05) is 0 Å². The van der Waals surface area contributed by atoms with Crippen LogP contribution in [-0.2, 0) is 6.42 Å². The second kappa shape index (κ2) is 5.76. The third-order valence-electron chi connectivity index (χ3n) is 3.86. The molecule has 0 saturated heterocycles. The summed E-state index contributed by atoms with van der Waals surface area (Å²) in [5, 5.41) is 0.886. The first-order valence-corrected chi connectivity index (χ1v) is 8.14. The molecular formula is C19H11BrO4. The summed E-state index contributed by atoms with van der Waals surface area (Å²) >= 11 is 3.41. The van der Waals surface area contributed by atoms with Crippen molar-refractivity contribution in [3.63, 3.8) is 0 Å². The molecule has 0 unspecified atom stereocenters. The maximum absolute atomic E-state index is 12.4. The molecule has 0 fully saturated rings. The van der Waals surface area contributed by atoms with Gasteiger partial charge in [-0.15, -0.1) is 0 Å². The molecule has 0 bridgehead atoms. The van der Waals surface area contributed by atoms with Gasteiger partial charge in [-0.25, -0.2) is 9.59 Å². The molecule has 0 saturated carbocycles. The molecule has 0 radical (unpaired) electrons. The highest BCUT2D eigenvalue weighted by Gasteiger charge is 2.13. The Kier molecular flexibility index (Phi) is 3.58. The van der Waals surface area contributed by atoms with Crippen molar-refractivity contribution in [3.8, 4) is 0 Å². The number of benzene rings is 2. The first-order chi connectivity index (χ1) is 11.6. The van der Waals surface area contributed by atoms with Gasteiger partial charge in [0.25, 0.3) is 0 Å². The van der Waals surface area contributed by atoms with Crippen LogP contribution in [0.4, 0.5) is 0 Å². The second-order valence-corrected chi connectivity index (χ2v) is 6.41. The SMILES string of the molecule is O=c1oc2c(cc1Cc1cccc(Br)c1)c(=O)oc1ccccc12. The lowest BCUT2D eigenvalue weighted by atomic mass is 10.1. The largest absolute Gasteiger partial charge is 0.422 e. The van der Waals surface area contributed by atoms with E-state index in [0.29, 0.717) is 23.0 Å². The van der Waals surface area contributed by atoms with Crippen molar-refractivity contribution in [3.05, 3.63) is 91.0 Å². The van der Waals surface area contributed by atoms with Crippen molar-refractivity contribution in [1.29, 1.82) is 0 Å². The van der Waals surface area contributed by atoms with Crippen molar-refractivity contribution < 1.29 is 8.83 Å². The van der Waals surface area contributed by atoms with Gasteiger partial charge in [-0.1, -0.05) is 40.2 Å². The molecule has 24 heavy (non-hydrogen) atoms. The number of hydrogen-bond donors (Lipinski definition) is 0. The van der Waals surface area contributed by atoms with Crippen LogP contribution in [0.5, 0.6) is 0 Å². The lowest BCUT2D eigenvalue weighted by Gasteiger charge is -2.04. The molecule has 0 N–H and O–H groups in total. The van der Waals surface area contributed by atoms with Crippen LogP contribution < -0.4 is 11.3 Å². The van der Waals surface area contributed by atoms with Crippen LogP contribution in [0.3, 0.4) is 0 Å². The van der Waals surface area contributed by atoms with E-state index in [-0.39, 0.29) is 11.0 Å². The van der Waals surface area contributed by atoms with Gasteiger partial charge in [0.1, 0.15) is 11.0 Å². The van der Waals surface area contributed by atoms with Crippen molar-refractivity contribution in [2.24, 2.45) is 0 Å². The number of halogens is 1. The Bertz CT molecular complexity index is 1190.